The van der Waals surface area contributed by atoms with Crippen LogP contribution in [0.4, 0.5) is 4.79 Å². The normalized spacial score (nSPS) is 26.2. The SMILES string of the molecule is Cc1noc(CC(=O)N2CCC3(CC(NC(=O)N(C)C)C3)C2)n1. The van der Waals surface area contributed by atoms with Crippen LogP contribution < -0.4 is 5.32 Å². The van der Waals surface area contributed by atoms with E-state index in [-0.39, 0.29) is 29.8 Å². The number of nitrogens with zero attached hydrogens (tertiary/aromatic N) is 4. The van der Waals surface area contributed by atoms with Crippen LogP contribution in [-0.4, -0.2) is 65.1 Å². The molecule has 0 atom stereocenters. The molecule has 1 aliphatic carbocycles. The molecule has 1 spiro atoms. The van der Waals surface area contributed by atoms with Crippen LogP contribution in [0.15, 0.2) is 4.52 Å². The quantitative estimate of drug-likeness (QED) is 0.879. The van der Waals surface area contributed by atoms with Crippen molar-refractivity contribution in [1.29, 1.82) is 0 Å². The van der Waals surface area contributed by atoms with Crippen LogP contribution in [-0.2, 0) is 11.2 Å². The lowest BCUT2D eigenvalue weighted by Gasteiger charge is -2.45. The summed E-state index contributed by atoms with van der Waals surface area (Å²) in [6, 6.07) is 0.168. The molecule has 1 aromatic heterocycles. The number of hydrogen-bond donors (Lipinski definition) is 1. The number of likely N-dealkylation sites (tertiary alicyclic amines) is 1. The third-order valence-electron chi connectivity index (χ3n) is 4.76. The standard InChI is InChI=1S/C15H23N5O3/c1-10-16-12(23-18-10)6-13(21)20-5-4-15(9-20)7-11(8-15)17-14(22)19(2)3/h11H,4-9H2,1-3H3,(H,17,22). The molecular weight excluding hydrogens is 298 g/mol. The van der Waals surface area contributed by atoms with Gasteiger partial charge in [0.15, 0.2) is 5.82 Å². The Balaban J connectivity index is 1.48. The lowest BCUT2D eigenvalue weighted by atomic mass is 9.65. The van der Waals surface area contributed by atoms with Crippen LogP contribution in [0, 0.1) is 12.3 Å². The fourth-order valence-corrected chi connectivity index (χ4v) is 3.53. The van der Waals surface area contributed by atoms with Gasteiger partial charge in [0.25, 0.3) is 0 Å². The highest BCUT2D eigenvalue weighted by Crippen LogP contribution is 2.48. The molecule has 8 nitrogen and oxygen atoms in total. The second-order valence-electron chi connectivity index (χ2n) is 6.93. The van der Waals surface area contributed by atoms with E-state index in [2.05, 4.69) is 15.5 Å². The van der Waals surface area contributed by atoms with E-state index >= 15 is 0 Å². The van der Waals surface area contributed by atoms with Gasteiger partial charge in [-0.05, 0) is 31.6 Å². The molecule has 3 rings (SSSR count). The molecule has 8 heteroatoms. The van der Waals surface area contributed by atoms with Crippen molar-refractivity contribution in [2.24, 2.45) is 5.41 Å². The van der Waals surface area contributed by atoms with E-state index in [0.29, 0.717) is 11.7 Å². The fourth-order valence-electron chi connectivity index (χ4n) is 3.53. The van der Waals surface area contributed by atoms with E-state index in [0.717, 1.165) is 32.4 Å². The minimum Gasteiger partial charge on any atom is -0.342 e. The molecule has 23 heavy (non-hydrogen) atoms. The predicted molar refractivity (Wildman–Crippen MR) is 81.6 cm³/mol. The average Bonchev–Trinajstić information content (AvgIpc) is 3.05. The van der Waals surface area contributed by atoms with Gasteiger partial charge in [0.05, 0.1) is 0 Å². The minimum absolute atomic E-state index is 0.0336. The van der Waals surface area contributed by atoms with E-state index < -0.39 is 0 Å². The predicted octanol–water partition coefficient (Wildman–Crippen LogP) is 0.573. The molecule has 3 amide bonds. The highest BCUT2D eigenvalue weighted by molar-refractivity contribution is 5.78. The number of amides is 3. The Labute approximate surface area is 135 Å². The summed E-state index contributed by atoms with van der Waals surface area (Å²) < 4.78 is 5.01. The van der Waals surface area contributed by atoms with E-state index in [1.54, 1.807) is 25.9 Å². The zero-order chi connectivity index (χ0) is 16.6. The molecule has 2 fully saturated rings. The Bertz CT molecular complexity index is 606. The van der Waals surface area contributed by atoms with Crippen LogP contribution in [0.5, 0.6) is 0 Å². The lowest BCUT2D eigenvalue weighted by Crippen LogP contribution is -2.54. The van der Waals surface area contributed by atoms with E-state index in [1.807, 2.05) is 4.90 Å². The summed E-state index contributed by atoms with van der Waals surface area (Å²) in [5.41, 5.74) is 0.171. The average molecular weight is 321 g/mol. The van der Waals surface area contributed by atoms with Crippen molar-refractivity contribution in [3.8, 4) is 0 Å². The molecule has 0 radical (unpaired) electrons. The van der Waals surface area contributed by atoms with Gasteiger partial charge in [-0.3, -0.25) is 4.79 Å². The van der Waals surface area contributed by atoms with Gasteiger partial charge in [0.2, 0.25) is 11.8 Å². The second-order valence-corrected chi connectivity index (χ2v) is 6.93. The largest absolute Gasteiger partial charge is 0.342 e. The van der Waals surface area contributed by atoms with E-state index in [9.17, 15) is 9.59 Å². The molecule has 0 bridgehead atoms. The number of rotatable bonds is 3. The van der Waals surface area contributed by atoms with Gasteiger partial charge in [-0.2, -0.15) is 4.98 Å². The first-order valence-corrected chi connectivity index (χ1v) is 7.92. The lowest BCUT2D eigenvalue weighted by molar-refractivity contribution is -0.130. The molecule has 1 saturated heterocycles. The van der Waals surface area contributed by atoms with Gasteiger partial charge >= 0.3 is 6.03 Å². The zero-order valence-corrected chi connectivity index (χ0v) is 13.8. The Morgan fingerprint density at radius 2 is 2.17 bits per heavy atom. The van der Waals surface area contributed by atoms with E-state index in [4.69, 9.17) is 4.52 Å². The van der Waals surface area contributed by atoms with Gasteiger partial charge in [-0.25, -0.2) is 4.79 Å². The maximum Gasteiger partial charge on any atom is 0.317 e. The summed E-state index contributed by atoms with van der Waals surface area (Å²) in [7, 11) is 3.47. The first-order chi connectivity index (χ1) is 10.9. The fraction of sp³-hybridized carbons (Fsp3) is 0.733. The molecule has 1 saturated carbocycles. The molecule has 0 unspecified atom stereocenters. The molecule has 2 heterocycles. The van der Waals surface area contributed by atoms with Crippen molar-refractivity contribution in [2.45, 2.75) is 38.6 Å². The minimum atomic E-state index is -0.0532. The first kappa shape index (κ1) is 15.8. The maximum absolute atomic E-state index is 12.3. The Hall–Kier alpha value is -2.12. The summed E-state index contributed by atoms with van der Waals surface area (Å²) in [5, 5.41) is 6.71. The number of aromatic nitrogens is 2. The number of urea groups is 1. The van der Waals surface area contributed by atoms with Crippen molar-refractivity contribution < 1.29 is 14.1 Å². The number of aryl methyl sites for hydroxylation is 1. The third-order valence-corrected chi connectivity index (χ3v) is 4.76. The van der Waals surface area contributed by atoms with Crippen LogP contribution in [0.25, 0.3) is 0 Å². The second kappa shape index (κ2) is 5.82. The summed E-state index contributed by atoms with van der Waals surface area (Å²) >= 11 is 0. The smallest absolute Gasteiger partial charge is 0.317 e. The Kier molecular flexibility index (Phi) is 3.99. The van der Waals surface area contributed by atoms with Crippen molar-refractivity contribution >= 4 is 11.9 Å². The van der Waals surface area contributed by atoms with Crippen molar-refractivity contribution in [3.05, 3.63) is 11.7 Å². The van der Waals surface area contributed by atoms with Crippen LogP contribution in [0.1, 0.15) is 31.0 Å². The van der Waals surface area contributed by atoms with Crippen molar-refractivity contribution in [1.82, 2.24) is 25.3 Å². The molecule has 1 N–H and O–H groups in total. The summed E-state index contributed by atoms with van der Waals surface area (Å²) in [6.07, 6.45) is 3.04. The van der Waals surface area contributed by atoms with Crippen molar-refractivity contribution in [3.63, 3.8) is 0 Å². The highest BCUT2D eigenvalue weighted by Gasteiger charge is 2.49. The molecule has 1 aliphatic heterocycles. The number of carbonyl (C=O) groups excluding carboxylic acids is 2. The number of hydrogen-bond acceptors (Lipinski definition) is 5. The van der Waals surface area contributed by atoms with Crippen LogP contribution in [0.2, 0.25) is 0 Å². The van der Waals surface area contributed by atoms with Gasteiger partial charge in [0, 0.05) is 33.2 Å². The van der Waals surface area contributed by atoms with Crippen LogP contribution >= 0.6 is 0 Å². The topological polar surface area (TPSA) is 91.6 Å². The molecule has 126 valence electrons. The Morgan fingerprint density at radius 3 is 2.78 bits per heavy atom. The summed E-state index contributed by atoms with van der Waals surface area (Å²) in [6.45, 7) is 3.26. The van der Waals surface area contributed by atoms with E-state index in [1.165, 1.54) is 0 Å². The molecule has 0 aromatic carbocycles. The molecular formula is C15H23N5O3. The van der Waals surface area contributed by atoms with Gasteiger partial charge in [-0.1, -0.05) is 5.16 Å². The van der Waals surface area contributed by atoms with Crippen LogP contribution in [0.3, 0.4) is 0 Å². The maximum atomic E-state index is 12.3. The number of nitrogens with one attached hydrogen (secondary N) is 1. The van der Waals surface area contributed by atoms with Crippen molar-refractivity contribution in [2.75, 3.05) is 27.2 Å². The molecule has 2 aliphatic rings. The van der Waals surface area contributed by atoms with Gasteiger partial charge in [0.1, 0.15) is 6.42 Å². The third kappa shape index (κ3) is 3.30. The van der Waals surface area contributed by atoms with Gasteiger partial charge < -0.3 is 19.6 Å². The highest BCUT2D eigenvalue weighted by atomic mass is 16.5. The monoisotopic (exact) mass is 321 g/mol. The van der Waals surface area contributed by atoms with Gasteiger partial charge in [-0.15, -0.1) is 0 Å². The number of carbonyl (C=O) groups is 2. The summed E-state index contributed by atoms with van der Waals surface area (Å²) in [5.74, 6) is 0.952. The Morgan fingerprint density at radius 1 is 1.43 bits per heavy atom. The summed E-state index contributed by atoms with van der Waals surface area (Å²) in [4.78, 5) is 31.5. The molecule has 1 aromatic rings. The first-order valence-electron chi connectivity index (χ1n) is 7.92. The zero-order valence-electron chi connectivity index (χ0n) is 13.8.